The second-order valence-electron chi connectivity index (χ2n) is 3.23. The normalized spacial score (nSPS) is 12.9. The van der Waals surface area contributed by atoms with Crippen LogP contribution in [0.5, 0.6) is 0 Å². The highest BCUT2D eigenvalue weighted by Crippen LogP contribution is 2.25. The van der Waals surface area contributed by atoms with Crippen LogP contribution in [0.1, 0.15) is 12.5 Å². The number of rotatable bonds is 4. The zero-order chi connectivity index (χ0) is 10.6. The SMILES string of the molecule is C[C@@H](CN)NCc1cccc(Cl)c1Cl. The van der Waals surface area contributed by atoms with Gasteiger partial charge in [-0.05, 0) is 18.6 Å². The van der Waals surface area contributed by atoms with Crippen molar-refractivity contribution in [3.63, 3.8) is 0 Å². The van der Waals surface area contributed by atoms with Gasteiger partial charge in [-0.25, -0.2) is 0 Å². The third-order valence-electron chi connectivity index (χ3n) is 2.03. The summed E-state index contributed by atoms with van der Waals surface area (Å²) in [6.45, 7) is 3.33. The maximum absolute atomic E-state index is 6.02. The van der Waals surface area contributed by atoms with Crippen LogP contribution < -0.4 is 11.1 Å². The van der Waals surface area contributed by atoms with Gasteiger partial charge in [0.1, 0.15) is 0 Å². The molecular weight excluding hydrogens is 219 g/mol. The van der Waals surface area contributed by atoms with Crippen molar-refractivity contribution in [1.82, 2.24) is 5.32 Å². The van der Waals surface area contributed by atoms with Gasteiger partial charge < -0.3 is 11.1 Å². The highest BCUT2D eigenvalue weighted by molar-refractivity contribution is 6.42. The van der Waals surface area contributed by atoms with E-state index in [1.807, 2.05) is 19.1 Å². The second-order valence-corrected chi connectivity index (χ2v) is 4.02. The number of nitrogens with two attached hydrogens (primary N) is 1. The molecule has 1 rings (SSSR count). The van der Waals surface area contributed by atoms with Crippen LogP contribution in [0.3, 0.4) is 0 Å². The Balaban J connectivity index is 2.63. The molecule has 0 bridgehead atoms. The molecule has 0 saturated heterocycles. The third-order valence-corrected chi connectivity index (χ3v) is 2.88. The zero-order valence-corrected chi connectivity index (χ0v) is 9.57. The Morgan fingerprint density at radius 2 is 2.14 bits per heavy atom. The van der Waals surface area contributed by atoms with E-state index in [9.17, 15) is 0 Å². The van der Waals surface area contributed by atoms with Crippen molar-refractivity contribution in [1.29, 1.82) is 0 Å². The van der Waals surface area contributed by atoms with Gasteiger partial charge in [0.15, 0.2) is 0 Å². The number of benzene rings is 1. The number of hydrogen-bond acceptors (Lipinski definition) is 2. The largest absolute Gasteiger partial charge is 0.329 e. The van der Waals surface area contributed by atoms with E-state index in [1.165, 1.54) is 0 Å². The highest BCUT2D eigenvalue weighted by atomic mass is 35.5. The molecule has 0 aromatic heterocycles. The Morgan fingerprint density at radius 3 is 2.79 bits per heavy atom. The molecule has 14 heavy (non-hydrogen) atoms. The Hall–Kier alpha value is -0.280. The van der Waals surface area contributed by atoms with Crippen molar-refractivity contribution in [2.75, 3.05) is 6.54 Å². The van der Waals surface area contributed by atoms with E-state index < -0.39 is 0 Å². The van der Waals surface area contributed by atoms with Crippen LogP contribution in [0.15, 0.2) is 18.2 Å². The van der Waals surface area contributed by atoms with Gasteiger partial charge in [-0.3, -0.25) is 0 Å². The maximum atomic E-state index is 6.02. The molecule has 4 heteroatoms. The molecule has 78 valence electrons. The molecular formula is C10H14Cl2N2. The van der Waals surface area contributed by atoms with Crippen LogP contribution in [-0.4, -0.2) is 12.6 Å². The van der Waals surface area contributed by atoms with E-state index in [0.29, 0.717) is 23.1 Å². The Kier molecular flexibility index (Phi) is 4.69. The second kappa shape index (κ2) is 5.56. The summed E-state index contributed by atoms with van der Waals surface area (Å²) in [5.74, 6) is 0. The monoisotopic (exact) mass is 232 g/mol. The maximum Gasteiger partial charge on any atom is 0.0637 e. The van der Waals surface area contributed by atoms with Gasteiger partial charge >= 0.3 is 0 Å². The molecule has 0 aliphatic carbocycles. The summed E-state index contributed by atoms with van der Waals surface area (Å²) in [4.78, 5) is 0. The molecule has 3 N–H and O–H groups in total. The molecule has 0 aliphatic rings. The minimum Gasteiger partial charge on any atom is -0.329 e. The molecule has 1 aromatic rings. The number of nitrogens with one attached hydrogen (secondary N) is 1. The van der Waals surface area contributed by atoms with Crippen LogP contribution in [-0.2, 0) is 6.54 Å². The first-order valence-electron chi connectivity index (χ1n) is 4.51. The summed E-state index contributed by atoms with van der Waals surface area (Å²) in [5.41, 5.74) is 6.48. The Morgan fingerprint density at radius 1 is 1.43 bits per heavy atom. The first-order valence-corrected chi connectivity index (χ1v) is 5.27. The molecule has 0 saturated carbocycles. The lowest BCUT2D eigenvalue weighted by atomic mass is 10.2. The average Bonchev–Trinajstić information content (AvgIpc) is 2.20. The molecule has 0 heterocycles. The fraction of sp³-hybridized carbons (Fsp3) is 0.400. The number of halogens is 2. The van der Waals surface area contributed by atoms with E-state index in [1.54, 1.807) is 6.07 Å². The van der Waals surface area contributed by atoms with Crippen LogP contribution in [0.2, 0.25) is 10.0 Å². The summed E-state index contributed by atoms with van der Waals surface area (Å²) in [6.07, 6.45) is 0. The van der Waals surface area contributed by atoms with Crippen molar-refractivity contribution < 1.29 is 0 Å². The van der Waals surface area contributed by atoms with E-state index in [2.05, 4.69) is 5.32 Å². The first-order chi connectivity index (χ1) is 6.65. The van der Waals surface area contributed by atoms with Gasteiger partial charge in [0.05, 0.1) is 10.0 Å². The lowest BCUT2D eigenvalue weighted by molar-refractivity contribution is 0.556. The Labute approximate surface area is 94.4 Å². The summed E-state index contributed by atoms with van der Waals surface area (Å²) >= 11 is 11.9. The standard InChI is InChI=1S/C10H14Cl2N2/c1-7(5-13)14-6-8-3-2-4-9(11)10(8)12/h2-4,7,14H,5-6,13H2,1H3/t7-/m0/s1. The first kappa shape index (κ1) is 11.8. The molecule has 0 fully saturated rings. The molecule has 0 radical (unpaired) electrons. The van der Waals surface area contributed by atoms with Gasteiger partial charge in [0.2, 0.25) is 0 Å². The van der Waals surface area contributed by atoms with Crippen molar-refractivity contribution in [2.24, 2.45) is 5.73 Å². The fourth-order valence-corrected chi connectivity index (χ4v) is 1.44. The van der Waals surface area contributed by atoms with Gasteiger partial charge in [-0.15, -0.1) is 0 Å². The number of hydrogen-bond donors (Lipinski definition) is 2. The topological polar surface area (TPSA) is 38.0 Å². The predicted octanol–water partition coefficient (Wildman–Crippen LogP) is 2.43. The van der Waals surface area contributed by atoms with E-state index in [-0.39, 0.29) is 6.04 Å². The summed E-state index contributed by atoms with van der Waals surface area (Å²) < 4.78 is 0. The molecule has 0 amide bonds. The quantitative estimate of drug-likeness (QED) is 0.838. The lowest BCUT2D eigenvalue weighted by Crippen LogP contribution is -2.32. The summed E-state index contributed by atoms with van der Waals surface area (Å²) in [7, 11) is 0. The van der Waals surface area contributed by atoms with E-state index in [4.69, 9.17) is 28.9 Å². The molecule has 1 aromatic carbocycles. The lowest BCUT2D eigenvalue weighted by Gasteiger charge is -2.12. The minimum atomic E-state index is 0.282. The van der Waals surface area contributed by atoms with Crippen molar-refractivity contribution in [2.45, 2.75) is 19.5 Å². The summed E-state index contributed by atoms with van der Waals surface area (Å²) in [6, 6.07) is 5.90. The fourth-order valence-electron chi connectivity index (χ4n) is 1.05. The van der Waals surface area contributed by atoms with E-state index in [0.717, 1.165) is 5.56 Å². The zero-order valence-electron chi connectivity index (χ0n) is 8.06. The van der Waals surface area contributed by atoms with Crippen LogP contribution >= 0.6 is 23.2 Å². The smallest absolute Gasteiger partial charge is 0.0637 e. The molecule has 1 atom stereocenters. The molecule has 0 spiro atoms. The van der Waals surface area contributed by atoms with Gasteiger partial charge in [0.25, 0.3) is 0 Å². The van der Waals surface area contributed by atoms with Crippen molar-refractivity contribution in [3.8, 4) is 0 Å². The van der Waals surface area contributed by atoms with Gasteiger partial charge in [-0.1, -0.05) is 35.3 Å². The van der Waals surface area contributed by atoms with Crippen LogP contribution in [0.4, 0.5) is 0 Å². The van der Waals surface area contributed by atoms with Crippen LogP contribution in [0, 0.1) is 0 Å². The highest BCUT2D eigenvalue weighted by Gasteiger charge is 2.04. The van der Waals surface area contributed by atoms with Crippen LogP contribution in [0.25, 0.3) is 0 Å². The molecule has 0 unspecified atom stereocenters. The van der Waals surface area contributed by atoms with Gasteiger partial charge in [0, 0.05) is 19.1 Å². The predicted molar refractivity (Wildman–Crippen MR) is 61.8 cm³/mol. The molecule has 0 aliphatic heterocycles. The summed E-state index contributed by atoms with van der Waals surface area (Å²) in [5, 5.41) is 4.45. The van der Waals surface area contributed by atoms with Crippen molar-refractivity contribution >= 4 is 23.2 Å². The van der Waals surface area contributed by atoms with E-state index >= 15 is 0 Å². The Bertz CT molecular complexity index is 302. The average molecular weight is 233 g/mol. The third kappa shape index (κ3) is 3.14. The minimum absolute atomic E-state index is 0.282. The molecule has 2 nitrogen and oxygen atoms in total. The van der Waals surface area contributed by atoms with Crippen molar-refractivity contribution in [3.05, 3.63) is 33.8 Å². The van der Waals surface area contributed by atoms with Gasteiger partial charge in [-0.2, -0.15) is 0 Å².